The van der Waals surface area contributed by atoms with E-state index in [1.165, 1.54) is 0 Å². The first-order valence-corrected chi connectivity index (χ1v) is 21.2. The third kappa shape index (κ3) is 7.26. The van der Waals surface area contributed by atoms with Gasteiger partial charge in [0.15, 0.2) is 11.6 Å². The fraction of sp³-hybridized carbons (Fsp3) is 0. The number of nitriles is 2. The Balaban J connectivity index is 1.19. The highest BCUT2D eigenvalue weighted by molar-refractivity contribution is 6.11. The van der Waals surface area contributed by atoms with Gasteiger partial charge in [0.25, 0.3) is 0 Å². The first kappa shape index (κ1) is 38.6. The summed E-state index contributed by atoms with van der Waals surface area (Å²) < 4.78 is 2.28. The van der Waals surface area contributed by atoms with Gasteiger partial charge in [-0.1, -0.05) is 158 Å². The molecule has 0 saturated heterocycles. The van der Waals surface area contributed by atoms with Crippen LogP contribution in [0.25, 0.3) is 106 Å². The van der Waals surface area contributed by atoms with Crippen molar-refractivity contribution < 1.29 is 0 Å². The lowest BCUT2D eigenvalue weighted by Crippen LogP contribution is -2.03. The lowest BCUT2D eigenvalue weighted by Gasteiger charge is -2.17. The highest BCUT2D eigenvalue weighted by Crippen LogP contribution is 2.41. The Morgan fingerprint density at radius 1 is 0.338 bits per heavy atom. The molecule has 0 aliphatic carbocycles. The van der Waals surface area contributed by atoms with Crippen molar-refractivity contribution in [3.8, 4) is 96.8 Å². The molecule has 0 aliphatic heterocycles. The number of para-hydroxylation sites is 1. The molecular formula is C58H35N7. The second kappa shape index (κ2) is 16.5. The normalized spacial score (nSPS) is 11.0. The van der Waals surface area contributed by atoms with Gasteiger partial charge in [0.1, 0.15) is 0 Å². The Morgan fingerprint density at radius 3 is 1.43 bits per heavy atom. The number of hydrogen-bond acceptors (Lipinski definition) is 6. The summed E-state index contributed by atoms with van der Waals surface area (Å²) in [5, 5.41) is 21.8. The molecule has 0 radical (unpaired) electrons. The van der Waals surface area contributed by atoms with Crippen LogP contribution in [0.2, 0.25) is 0 Å². The molecule has 0 atom stereocenters. The highest BCUT2D eigenvalue weighted by atomic mass is 15.0. The maximum Gasteiger partial charge on any atom is 0.162 e. The minimum absolute atomic E-state index is 0.447. The lowest BCUT2D eigenvalue weighted by atomic mass is 9.97. The van der Waals surface area contributed by atoms with Crippen molar-refractivity contribution in [2.24, 2.45) is 0 Å². The van der Waals surface area contributed by atoms with Crippen LogP contribution in [-0.2, 0) is 0 Å². The molecule has 3 aromatic heterocycles. The molecule has 0 fully saturated rings. The fourth-order valence-electron chi connectivity index (χ4n) is 8.58. The van der Waals surface area contributed by atoms with E-state index in [2.05, 4.69) is 114 Å². The van der Waals surface area contributed by atoms with Crippen LogP contribution in [0.4, 0.5) is 0 Å². The third-order valence-electron chi connectivity index (χ3n) is 11.7. The smallest absolute Gasteiger partial charge is 0.162 e. The second-order valence-electron chi connectivity index (χ2n) is 15.7. The topological polar surface area (TPSA) is 104 Å². The Kier molecular flexibility index (Phi) is 9.82. The number of aromatic nitrogens is 5. The Hall–Kier alpha value is -9.30. The maximum absolute atomic E-state index is 10.1. The molecule has 3 heterocycles. The molecule has 0 spiro atoms. The van der Waals surface area contributed by atoms with Crippen molar-refractivity contribution in [1.82, 2.24) is 24.5 Å². The van der Waals surface area contributed by atoms with E-state index in [1.54, 1.807) is 12.1 Å². The predicted molar refractivity (Wildman–Crippen MR) is 259 cm³/mol. The average molecular weight is 830 g/mol. The summed E-state index contributed by atoms with van der Waals surface area (Å²) in [6, 6.07) is 75.6. The summed E-state index contributed by atoms with van der Waals surface area (Å²) in [6.07, 6.45) is 0. The van der Waals surface area contributed by atoms with Crippen molar-refractivity contribution in [2.45, 2.75) is 0 Å². The summed E-state index contributed by atoms with van der Waals surface area (Å²) in [5.74, 6) is 1.18. The molecule has 0 N–H and O–H groups in total. The SMILES string of the molecule is N#Cc1ccc(-c2ccc3c(c2)c2ccccc2n3-c2ccc(-c3cc(-c4ccccc4)nc(-c4ccccc4)n3)cc2-c2nc(-c3ccccc3)cc(-c3ccccc3)n2)c(C#N)c1. The summed E-state index contributed by atoms with van der Waals surface area (Å²) >= 11 is 0. The maximum atomic E-state index is 10.1. The van der Waals surface area contributed by atoms with Crippen molar-refractivity contribution in [3.05, 3.63) is 223 Å². The van der Waals surface area contributed by atoms with E-state index in [4.69, 9.17) is 19.9 Å². The molecule has 8 aromatic carbocycles. The average Bonchev–Trinajstić information content (AvgIpc) is 3.72. The van der Waals surface area contributed by atoms with Gasteiger partial charge in [-0.15, -0.1) is 0 Å². The standard InChI is InChI=1S/C58H35N7/c59-36-38-25-28-46(45(31-38)37-60)43-26-29-55-48(32-43)47-23-13-14-24-54(47)65(55)56-30-27-44(53-35-50(39-15-5-1-6-16-39)61-57(62-53)42-21-11-4-12-22-42)33-49(56)58-63-51(40-17-7-2-8-18-40)34-52(64-58)41-19-9-3-10-20-41/h1-35H. The quantitative estimate of drug-likeness (QED) is 0.151. The van der Waals surface area contributed by atoms with Gasteiger partial charge in [-0.25, -0.2) is 19.9 Å². The van der Waals surface area contributed by atoms with Crippen LogP contribution in [0.5, 0.6) is 0 Å². The number of fused-ring (bicyclic) bond motifs is 3. The molecule has 0 bridgehead atoms. The van der Waals surface area contributed by atoms with Gasteiger partial charge >= 0.3 is 0 Å². The van der Waals surface area contributed by atoms with Gasteiger partial charge in [-0.05, 0) is 65.7 Å². The van der Waals surface area contributed by atoms with Gasteiger partial charge in [0, 0.05) is 44.2 Å². The van der Waals surface area contributed by atoms with E-state index in [1.807, 2.05) is 103 Å². The van der Waals surface area contributed by atoms with Crippen LogP contribution in [0.15, 0.2) is 212 Å². The summed E-state index contributed by atoms with van der Waals surface area (Å²) in [5.41, 5.74) is 14.1. The molecule has 65 heavy (non-hydrogen) atoms. The van der Waals surface area contributed by atoms with Gasteiger partial charge < -0.3 is 4.57 Å². The third-order valence-corrected chi connectivity index (χ3v) is 11.7. The van der Waals surface area contributed by atoms with E-state index in [0.29, 0.717) is 22.8 Å². The van der Waals surface area contributed by atoms with E-state index in [9.17, 15) is 10.5 Å². The van der Waals surface area contributed by atoms with Gasteiger partial charge in [-0.2, -0.15) is 10.5 Å². The highest BCUT2D eigenvalue weighted by Gasteiger charge is 2.22. The van der Waals surface area contributed by atoms with E-state index in [-0.39, 0.29) is 0 Å². The summed E-state index contributed by atoms with van der Waals surface area (Å²) in [6.45, 7) is 0. The first-order chi connectivity index (χ1) is 32.1. The lowest BCUT2D eigenvalue weighted by molar-refractivity contribution is 1.13. The number of rotatable bonds is 8. The zero-order valence-corrected chi connectivity index (χ0v) is 34.8. The predicted octanol–water partition coefficient (Wildman–Crippen LogP) is 13.8. The first-order valence-electron chi connectivity index (χ1n) is 21.2. The Morgan fingerprint density at radius 2 is 0.846 bits per heavy atom. The van der Waals surface area contributed by atoms with Gasteiger partial charge in [-0.3, -0.25) is 0 Å². The van der Waals surface area contributed by atoms with Crippen LogP contribution in [0.1, 0.15) is 11.1 Å². The van der Waals surface area contributed by atoms with Gasteiger partial charge in [0.05, 0.1) is 62.8 Å². The molecule has 0 saturated carbocycles. The molecule has 0 unspecified atom stereocenters. The zero-order valence-electron chi connectivity index (χ0n) is 34.8. The largest absolute Gasteiger partial charge is 0.309 e. The molecular weight excluding hydrogens is 795 g/mol. The van der Waals surface area contributed by atoms with Crippen LogP contribution >= 0.6 is 0 Å². The minimum atomic E-state index is 0.447. The van der Waals surface area contributed by atoms with Crippen molar-refractivity contribution in [3.63, 3.8) is 0 Å². The molecule has 7 nitrogen and oxygen atoms in total. The molecule has 11 aromatic rings. The van der Waals surface area contributed by atoms with Crippen LogP contribution in [0, 0.1) is 22.7 Å². The molecule has 7 heteroatoms. The molecule has 0 aliphatic rings. The van der Waals surface area contributed by atoms with Crippen LogP contribution < -0.4 is 0 Å². The minimum Gasteiger partial charge on any atom is -0.309 e. The van der Waals surface area contributed by atoms with Gasteiger partial charge in [0.2, 0.25) is 0 Å². The Bertz CT molecular complexity index is 3550. The molecule has 11 rings (SSSR count). The summed E-state index contributed by atoms with van der Waals surface area (Å²) in [4.78, 5) is 21.0. The van der Waals surface area contributed by atoms with Crippen molar-refractivity contribution in [1.29, 1.82) is 10.5 Å². The van der Waals surface area contributed by atoms with E-state index in [0.717, 1.165) is 94.8 Å². The number of benzene rings is 8. The van der Waals surface area contributed by atoms with Crippen LogP contribution in [0.3, 0.4) is 0 Å². The number of nitrogens with zero attached hydrogens (tertiary/aromatic N) is 7. The van der Waals surface area contributed by atoms with Crippen molar-refractivity contribution in [2.75, 3.05) is 0 Å². The Labute approximate surface area is 375 Å². The zero-order chi connectivity index (χ0) is 43.7. The van der Waals surface area contributed by atoms with Crippen LogP contribution in [-0.4, -0.2) is 24.5 Å². The molecule has 302 valence electrons. The fourth-order valence-corrected chi connectivity index (χ4v) is 8.58. The monoisotopic (exact) mass is 829 g/mol. The van der Waals surface area contributed by atoms with E-state index < -0.39 is 0 Å². The number of hydrogen-bond donors (Lipinski definition) is 0. The molecule has 0 amide bonds. The second-order valence-corrected chi connectivity index (χ2v) is 15.7. The van der Waals surface area contributed by atoms with Crippen molar-refractivity contribution >= 4 is 21.8 Å². The summed E-state index contributed by atoms with van der Waals surface area (Å²) in [7, 11) is 0. The van der Waals surface area contributed by atoms with E-state index >= 15 is 0 Å².